The Morgan fingerprint density at radius 1 is 1.32 bits per heavy atom. The molecule has 0 atom stereocenters. The molecular formula is C19H25N5O. The highest BCUT2D eigenvalue weighted by atomic mass is 16.3. The lowest BCUT2D eigenvalue weighted by Gasteiger charge is -2.35. The molecule has 2 aliphatic carbocycles. The van der Waals surface area contributed by atoms with E-state index in [1.165, 1.54) is 18.5 Å². The second kappa shape index (κ2) is 5.04. The lowest BCUT2D eigenvalue weighted by molar-refractivity contribution is 0.0873. The molecule has 25 heavy (non-hydrogen) atoms. The number of aromatic nitrogens is 4. The molecule has 132 valence electrons. The van der Waals surface area contributed by atoms with E-state index >= 15 is 0 Å². The molecule has 0 radical (unpaired) electrons. The number of rotatable bonds is 5. The van der Waals surface area contributed by atoms with Gasteiger partial charge in [0, 0.05) is 35.8 Å². The number of hydrogen-bond acceptors (Lipinski definition) is 5. The Morgan fingerprint density at radius 2 is 2.12 bits per heavy atom. The molecule has 0 aromatic carbocycles. The molecule has 4 aliphatic rings. The second-order valence-corrected chi connectivity index (χ2v) is 8.70. The van der Waals surface area contributed by atoms with Crippen molar-refractivity contribution in [1.29, 1.82) is 0 Å². The molecule has 2 aliphatic heterocycles. The Hall–Kier alpha value is -1.95. The fourth-order valence-corrected chi connectivity index (χ4v) is 4.42. The predicted molar refractivity (Wildman–Crippen MR) is 94.6 cm³/mol. The third-order valence-corrected chi connectivity index (χ3v) is 6.41. The van der Waals surface area contributed by atoms with Gasteiger partial charge in [0.05, 0.1) is 23.4 Å². The Labute approximate surface area is 147 Å². The van der Waals surface area contributed by atoms with Gasteiger partial charge < -0.3 is 10.0 Å². The summed E-state index contributed by atoms with van der Waals surface area (Å²) in [5.41, 5.74) is 3.10. The van der Waals surface area contributed by atoms with Gasteiger partial charge in [-0.2, -0.15) is 5.10 Å². The van der Waals surface area contributed by atoms with Crippen LogP contribution in [-0.4, -0.2) is 44.5 Å². The van der Waals surface area contributed by atoms with E-state index in [1.54, 1.807) is 0 Å². The maximum Gasteiger partial charge on any atom is 0.225 e. The minimum Gasteiger partial charge on any atom is -0.396 e. The van der Waals surface area contributed by atoms with Crippen molar-refractivity contribution in [2.24, 2.45) is 5.41 Å². The quantitative estimate of drug-likeness (QED) is 0.874. The number of aliphatic hydroxyl groups is 1. The molecule has 0 spiro atoms. The van der Waals surface area contributed by atoms with E-state index in [4.69, 9.17) is 4.98 Å². The van der Waals surface area contributed by atoms with Crippen LogP contribution < -0.4 is 4.90 Å². The Balaban J connectivity index is 1.43. The summed E-state index contributed by atoms with van der Waals surface area (Å²) < 4.78 is 0. The van der Waals surface area contributed by atoms with Crippen molar-refractivity contribution >= 4 is 5.95 Å². The van der Waals surface area contributed by atoms with Gasteiger partial charge in [-0.1, -0.05) is 0 Å². The maximum atomic E-state index is 9.63. The second-order valence-electron chi connectivity index (χ2n) is 8.70. The molecule has 6 nitrogen and oxygen atoms in total. The van der Waals surface area contributed by atoms with E-state index in [2.05, 4.69) is 40.0 Å². The van der Waals surface area contributed by atoms with Gasteiger partial charge >= 0.3 is 0 Å². The van der Waals surface area contributed by atoms with Crippen molar-refractivity contribution in [2.45, 2.75) is 56.9 Å². The predicted octanol–water partition coefficient (Wildman–Crippen LogP) is 2.36. The van der Waals surface area contributed by atoms with E-state index in [1.807, 2.05) is 12.3 Å². The summed E-state index contributed by atoms with van der Waals surface area (Å²) >= 11 is 0. The van der Waals surface area contributed by atoms with Crippen LogP contribution in [0.3, 0.4) is 0 Å². The van der Waals surface area contributed by atoms with Crippen LogP contribution in [0.5, 0.6) is 0 Å². The first kappa shape index (κ1) is 15.3. The Bertz CT molecular complexity index is 804. The third-order valence-electron chi connectivity index (χ3n) is 6.41. The molecule has 0 amide bonds. The number of fused-ring (bicyclic) bond motifs is 1. The lowest BCUT2D eigenvalue weighted by Crippen LogP contribution is -2.37. The molecule has 2 aromatic heterocycles. The van der Waals surface area contributed by atoms with E-state index in [-0.39, 0.29) is 17.4 Å². The van der Waals surface area contributed by atoms with Crippen molar-refractivity contribution in [2.75, 3.05) is 18.1 Å². The van der Waals surface area contributed by atoms with Crippen LogP contribution in [0, 0.1) is 5.41 Å². The summed E-state index contributed by atoms with van der Waals surface area (Å²) in [6.45, 7) is 5.48. The molecule has 2 saturated heterocycles. The molecule has 6 rings (SSSR count). The number of anilines is 1. The molecule has 2 aromatic rings. The first-order valence-corrected chi connectivity index (χ1v) is 9.28. The maximum absolute atomic E-state index is 9.63. The summed E-state index contributed by atoms with van der Waals surface area (Å²) in [6, 6.07) is 4.68. The fourth-order valence-electron chi connectivity index (χ4n) is 4.42. The van der Waals surface area contributed by atoms with Crippen LogP contribution in [0.1, 0.15) is 62.5 Å². The van der Waals surface area contributed by atoms with Crippen LogP contribution >= 0.6 is 0 Å². The zero-order chi connectivity index (χ0) is 17.2. The van der Waals surface area contributed by atoms with Crippen molar-refractivity contribution < 1.29 is 5.11 Å². The molecule has 6 heteroatoms. The minimum atomic E-state index is -0.265. The zero-order valence-corrected chi connectivity index (χ0v) is 14.9. The normalized spacial score (nSPS) is 28.3. The number of nitrogens with zero attached hydrogens (tertiary/aromatic N) is 4. The van der Waals surface area contributed by atoms with Crippen LogP contribution in [0.25, 0.3) is 0 Å². The van der Waals surface area contributed by atoms with Crippen molar-refractivity contribution in [3.05, 3.63) is 35.4 Å². The van der Waals surface area contributed by atoms with Gasteiger partial charge in [-0.15, -0.1) is 0 Å². The molecule has 2 N–H and O–H groups in total. The van der Waals surface area contributed by atoms with Crippen LogP contribution in [0.2, 0.25) is 0 Å². The summed E-state index contributed by atoms with van der Waals surface area (Å²) in [6.07, 6.45) is 6.51. The SMILES string of the molecule is CC(C)(c1cc(C2CC2)[nH]n1)c1ccnc(N2CC3(CO)CC2C3)n1. The Kier molecular flexibility index (Phi) is 3.08. The van der Waals surface area contributed by atoms with Gasteiger partial charge in [-0.25, -0.2) is 9.97 Å². The first-order valence-electron chi connectivity index (χ1n) is 9.28. The lowest BCUT2D eigenvalue weighted by atomic mass is 9.71. The topological polar surface area (TPSA) is 77.9 Å². The summed E-state index contributed by atoms with van der Waals surface area (Å²) in [7, 11) is 0. The largest absolute Gasteiger partial charge is 0.396 e. The molecular weight excluding hydrogens is 314 g/mol. The van der Waals surface area contributed by atoms with Gasteiger partial charge in [-0.3, -0.25) is 5.10 Å². The highest BCUT2D eigenvalue weighted by molar-refractivity contribution is 5.42. The van der Waals surface area contributed by atoms with Gasteiger partial charge in [0.15, 0.2) is 0 Å². The van der Waals surface area contributed by atoms with E-state index in [0.717, 1.165) is 36.7 Å². The van der Waals surface area contributed by atoms with Crippen molar-refractivity contribution in [3.8, 4) is 0 Å². The molecule has 4 heterocycles. The summed E-state index contributed by atoms with van der Waals surface area (Å²) in [4.78, 5) is 11.7. The average molecular weight is 339 g/mol. The van der Waals surface area contributed by atoms with Crippen LogP contribution in [0.15, 0.2) is 18.3 Å². The number of aromatic amines is 1. The number of aliphatic hydroxyl groups excluding tert-OH is 1. The van der Waals surface area contributed by atoms with Gasteiger partial charge in [0.2, 0.25) is 5.95 Å². The highest BCUT2D eigenvalue weighted by Gasteiger charge is 2.55. The van der Waals surface area contributed by atoms with Gasteiger partial charge in [0.25, 0.3) is 0 Å². The smallest absolute Gasteiger partial charge is 0.225 e. The van der Waals surface area contributed by atoms with Crippen LogP contribution in [-0.2, 0) is 5.41 Å². The fraction of sp³-hybridized carbons (Fsp3) is 0.632. The van der Waals surface area contributed by atoms with Crippen molar-refractivity contribution in [1.82, 2.24) is 20.2 Å². The number of nitrogens with one attached hydrogen (secondary N) is 1. The average Bonchev–Trinajstić information content (AvgIpc) is 3.07. The Morgan fingerprint density at radius 3 is 2.80 bits per heavy atom. The summed E-state index contributed by atoms with van der Waals surface area (Å²) in [5, 5.41) is 17.4. The van der Waals surface area contributed by atoms with Gasteiger partial charge in [-0.05, 0) is 51.7 Å². The van der Waals surface area contributed by atoms with Crippen LogP contribution in [0.4, 0.5) is 5.95 Å². The molecule has 2 saturated carbocycles. The van der Waals surface area contributed by atoms with E-state index < -0.39 is 0 Å². The third kappa shape index (κ3) is 2.30. The number of H-pyrrole nitrogens is 1. The van der Waals surface area contributed by atoms with E-state index in [0.29, 0.717) is 12.0 Å². The van der Waals surface area contributed by atoms with E-state index in [9.17, 15) is 5.11 Å². The van der Waals surface area contributed by atoms with Gasteiger partial charge in [0.1, 0.15) is 0 Å². The monoisotopic (exact) mass is 339 g/mol. The minimum absolute atomic E-state index is 0.0842. The first-order chi connectivity index (χ1) is 12.0. The standard InChI is InChI=1S/C19H25N5O/c1-18(2,16-7-14(22-23-16)12-3-4-12)15-5-6-20-17(21-15)24-10-19(11-25)8-13(24)9-19/h5-7,12-13,25H,3-4,8-11H2,1-2H3,(H,22,23). The zero-order valence-electron chi connectivity index (χ0n) is 14.9. The summed E-state index contributed by atoms with van der Waals surface area (Å²) in [5.74, 6) is 1.46. The molecule has 2 bridgehead atoms. The van der Waals surface area contributed by atoms with Crippen molar-refractivity contribution in [3.63, 3.8) is 0 Å². The highest BCUT2D eigenvalue weighted by Crippen LogP contribution is 2.52. The number of hydrogen-bond donors (Lipinski definition) is 2. The molecule has 0 unspecified atom stereocenters. The molecule has 4 fully saturated rings.